The van der Waals surface area contributed by atoms with E-state index in [1.54, 1.807) is 15.4 Å². The molecule has 3 aromatic carbocycles. The highest BCUT2D eigenvalue weighted by atomic mass is 31.2. The van der Waals surface area contributed by atoms with Crippen LogP contribution in [0, 0.1) is 15.9 Å². The van der Waals surface area contributed by atoms with Gasteiger partial charge in [0.15, 0.2) is 0 Å². The lowest BCUT2D eigenvalue weighted by molar-refractivity contribution is -0.480. The monoisotopic (exact) mass is 439 g/mol. The lowest BCUT2D eigenvalue weighted by Gasteiger charge is -2.48. The maximum absolute atomic E-state index is 15.1. The number of nitrogens with zero attached hydrogens (tertiary/aromatic N) is 3. The molecule has 3 aromatic rings. The van der Waals surface area contributed by atoms with E-state index in [2.05, 4.69) is 0 Å². The molecular formula is C23H23FN3O3P. The van der Waals surface area contributed by atoms with Gasteiger partial charge in [0.1, 0.15) is 11.5 Å². The third kappa shape index (κ3) is 4.06. The molecule has 0 aromatic heterocycles. The number of anilines is 2. The van der Waals surface area contributed by atoms with E-state index in [-0.39, 0.29) is 5.56 Å². The van der Waals surface area contributed by atoms with Crippen LogP contribution in [-0.2, 0) is 4.57 Å². The zero-order valence-electron chi connectivity index (χ0n) is 16.9. The quantitative estimate of drug-likeness (QED) is 0.278. The second-order valence-electron chi connectivity index (χ2n) is 7.41. The van der Waals surface area contributed by atoms with E-state index < -0.39 is 30.4 Å². The Balaban J connectivity index is 1.94. The Morgan fingerprint density at radius 2 is 1.35 bits per heavy atom. The zero-order chi connectivity index (χ0) is 21.8. The molecule has 0 radical (unpaired) electrons. The van der Waals surface area contributed by atoms with E-state index >= 15 is 4.57 Å². The van der Waals surface area contributed by atoms with E-state index in [0.29, 0.717) is 24.5 Å². The topological polar surface area (TPSA) is 66.7 Å². The summed E-state index contributed by atoms with van der Waals surface area (Å²) in [7, 11) is -3.71. The van der Waals surface area contributed by atoms with Gasteiger partial charge < -0.3 is 9.34 Å². The summed E-state index contributed by atoms with van der Waals surface area (Å²) >= 11 is 0. The molecule has 1 fully saturated rings. The standard InChI is InChI=1S/C23H23FN3O3P/c24-22-15-8-7-14-21(22)23(18-27(28)29)31(30)25(19-10-3-1-4-11-19)16-9-17-26(31)20-12-5-2-6-13-20/h1-8,10-15,23H,9,16-18H2. The van der Waals surface area contributed by atoms with Crippen LogP contribution in [-0.4, -0.2) is 24.6 Å². The second kappa shape index (κ2) is 8.90. The van der Waals surface area contributed by atoms with Crippen LogP contribution in [0.2, 0.25) is 0 Å². The first kappa shape index (κ1) is 21.1. The lowest BCUT2D eigenvalue weighted by Crippen LogP contribution is -2.43. The van der Waals surface area contributed by atoms with Gasteiger partial charge in [-0.2, -0.15) is 0 Å². The summed E-state index contributed by atoms with van der Waals surface area (Å²) in [6.45, 7) is 0.297. The molecule has 6 nitrogen and oxygen atoms in total. The molecule has 1 aliphatic rings. The molecular weight excluding hydrogens is 416 g/mol. The summed E-state index contributed by atoms with van der Waals surface area (Å²) in [6.07, 6.45) is 0.718. The van der Waals surface area contributed by atoms with Gasteiger partial charge in [-0.3, -0.25) is 14.7 Å². The minimum absolute atomic E-state index is 0.103. The van der Waals surface area contributed by atoms with Crippen LogP contribution in [0.25, 0.3) is 0 Å². The average molecular weight is 439 g/mol. The molecule has 0 aliphatic carbocycles. The van der Waals surface area contributed by atoms with Crippen LogP contribution in [0.5, 0.6) is 0 Å². The van der Waals surface area contributed by atoms with Gasteiger partial charge in [-0.25, -0.2) is 4.39 Å². The van der Waals surface area contributed by atoms with E-state index in [1.165, 1.54) is 18.2 Å². The summed E-state index contributed by atoms with van der Waals surface area (Å²) in [5.41, 5.74) is 0.378. The summed E-state index contributed by atoms with van der Waals surface area (Å²) in [5.74, 6) is -0.587. The Kier molecular flexibility index (Phi) is 6.05. The molecule has 4 rings (SSSR count). The number of halogens is 1. The predicted molar refractivity (Wildman–Crippen MR) is 121 cm³/mol. The molecule has 1 aliphatic heterocycles. The minimum Gasteiger partial charge on any atom is -0.306 e. The fraction of sp³-hybridized carbons (Fsp3) is 0.217. The highest BCUT2D eigenvalue weighted by Crippen LogP contribution is 2.68. The number of rotatable bonds is 6. The summed E-state index contributed by atoms with van der Waals surface area (Å²) in [5, 5.41) is 11.7. The maximum atomic E-state index is 15.1. The molecule has 0 bridgehead atoms. The van der Waals surface area contributed by atoms with Gasteiger partial charge in [0.05, 0.1) is 0 Å². The number of benzene rings is 3. The molecule has 0 amide bonds. The first-order valence-electron chi connectivity index (χ1n) is 10.1. The fourth-order valence-electron chi connectivity index (χ4n) is 4.19. The predicted octanol–water partition coefficient (Wildman–Crippen LogP) is 5.75. The Morgan fingerprint density at radius 1 is 0.871 bits per heavy atom. The zero-order valence-corrected chi connectivity index (χ0v) is 17.8. The first-order valence-corrected chi connectivity index (χ1v) is 11.8. The fourth-order valence-corrected chi connectivity index (χ4v) is 7.82. The Hall–Kier alpha value is -3.18. The smallest absolute Gasteiger partial charge is 0.277 e. The largest absolute Gasteiger partial charge is 0.306 e. The third-order valence-corrected chi connectivity index (χ3v) is 9.03. The molecule has 31 heavy (non-hydrogen) atoms. The summed E-state index contributed by atoms with van der Waals surface area (Å²) in [4.78, 5) is 11.2. The molecule has 0 saturated carbocycles. The van der Waals surface area contributed by atoms with Crippen molar-refractivity contribution in [3.05, 3.63) is 106 Å². The molecule has 1 heterocycles. The number of nitro groups is 1. The van der Waals surface area contributed by atoms with Crippen molar-refractivity contribution in [2.75, 3.05) is 29.0 Å². The number of para-hydroxylation sites is 2. The van der Waals surface area contributed by atoms with Crippen LogP contribution in [0.1, 0.15) is 17.6 Å². The van der Waals surface area contributed by atoms with Crippen molar-refractivity contribution in [1.29, 1.82) is 0 Å². The summed E-state index contributed by atoms with van der Waals surface area (Å²) in [6, 6.07) is 24.4. The highest BCUT2D eigenvalue weighted by Gasteiger charge is 2.50. The molecule has 1 atom stereocenters. The van der Waals surface area contributed by atoms with Crippen LogP contribution in [0.15, 0.2) is 84.9 Å². The summed E-state index contributed by atoms with van der Waals surface area (Å²) < 4.78 is 33.5. The molecule has 0 N–H and O–H groups in total. The second-order valence-corrected chi connectivity index (χ2v) is 10.2. The highest BCUT2D eigenvalue weighted by molar-refractivity contribution is 7.67. The molecule has 1 saturated heterocycles. The van der Waals surface area contributed by atoms with Crippen LogP contribution in [0.4, 0.5) is 15.8 Å². The molecule has 0 spiro atoms. The van der Waals surface area contributed by atoms with Crippen molar-refractivity contribution >= 4 is 18.8 Å². The SMILES string of the molecule is O=[N+]([O-])CC(c1ccccc1F)P1(=O)N(c2ccccc2)CCCN1c1ccccc1. The van der Waals surface area contributed by atoms with E-state index in [0.717, 1.165) is 6.42 Å². The van der Waals surface area contributed by atoms with Crippen molar-refractivity contribution < 1.29 is 13.9 Å². The minimum atomic E-state index is -3.71. The van der Waals surface area contributed by atoms with Crippen molar-refractivity contribution in [1.82, 2.24) is 0 Å². The van der Waals surface area contributed by atoms with Crippen LogP contribution < -0.4 is 9.34 Å². The van der Waals surface area contributed by atoms with E-state index in [4.69, 9.17) is 0 Å². The number of hydrogen-bond acceptors (Lipinski definition) is 3. The first-order chi connectivity index (χ1) is 15.0. The Morgan fingerprint density at radius 3 is 1.84 bits per heavy atom. The van der Waals surface area contributed by atoms with Crippen LogP contribution >= 0.6 is 7.44 Å². The lowest BCUT2D eigenvalue weighted by atomic mass is 10.1. The van der Waals surface area contributed by atoms with Crippen LogP contribution in [0.3, 0.4) is 0 Å². The van der Waals surface area contributed by atoms with Crippen molar-refractivity contribution in [2.24, 2.45) is 0 Å². The van der Waals surface area contributed by atoms with Crippen molar-refractivity contribution in [3.8, 4) is 0 Å². The Bertz CT molecular complexity index is 1050. The van der Waals surface area contributed by atoms with Gasteiger partial charge in [0, 0.05) is 35.0 Å². The van der Waals surface area contributed by atoms with Gasteiger partial charge in [-0.1, -0.05) is 54.6 Å². The molecule has 8 heteroatoms. The third-order valence-electron chi connectivity index (χ3n) is 5.53. The van der Waals surface area contributed by atoms with E-state index in [1.807, 2.05) is 60.7 Å². The molecule has 160 valence electrons. The van der Waals surface area contributed by atoms with Gasteiger partial charge in [-0.05, 0) is 36.8 Å². The van der Waals surface area contributed by atoms with E-state index in [9.17, 15) is 14.5 Å². The number of hydrogen-bond donors (Lipinski definition) is 0. The normalized spacial score (nSPS) is 16.7. The van der Waals surface area contributed by atoms with Crippen molar-refractivity contribution in [3.63, 3.8) is 0 Å². The Labute approximate surface area is 180 Å². The van der Waals surface area contributed by atoms with Gasteiger partial charge in [-0.15, -0.1) is 0 Å². The van der Waals surface area contributed by atoms with Gasteiger partial charge >= 0.3 is 0 Å². The van der Waals surface area contributed by atoms with Gasteiger partial charge in [0.2, 0.25) is 6.54 Å². The van der Waals surface area contributed by atoms with Gasteiger partial charge in [0.25, 0.3) is 7.44 Å². The average Bonchev–Trinajstić information content (AvgIpc) is 2.79. The maximum Gasteiger partial charge on any atom is 0.277 e. The molecule has 1 unspecified atom stereocenters. The van der Waals surface area contributed by atoms with Crippen molar-refractivity contribution in [2.45, 2.75) is 12.1 Å².